The maximum atomic E-state index is 9.60. The Bertz CT molecular complexity index is 1280. The number of fused-ring (bicyclic) bond motifs is 1. The van der Waals surface area contributed by atoms with Gasteiger partial charge < -0.3 is 19.5 Å². The predicted molar refractivity (Wildman–Crippen MR) is 121 cm³/mol. The fraction of sp³-hybridized carbons (Fsp3) is 0.120. The molecule has 31 heavy (non-hydrogen) atoms. The summed E-state index contributed by atoms with van der Waals surface area (Å²) in [5.41, 5.74) is 3.74. The van der Waals surface area contributed by atoms with Crippen molar-refractivity contribution < 1.29 is 14.2 Å². The van der Waals surface area contributed by atoms with E-state index in [0.29, 0.717) is 22.7 Å². The second-order valence-corrected chi connectivity index (χ2v) is 6.93. The molecule has 3 aromatic carbocycles. The topological polar surface area (TPSA) is 76.4 Å². The molecule has 0 saturated carbocycles. The highest BCUT2D eigenvalue weighted by atomic mass is 16.5. The lowest BCUT2D eigenvalue weighted by Gasteiger charge is -2.14. The van der Waals surface area contributed by atoms with Crippen LogP contribution in [0.1, 0.15) is 11.1 Å². The number of anilines is 2. The van der Waals surface area contributed by atoms with Gasteiger partial charge in [-0.15, -0.1) is 0 Å². The minimum atomic E-state index is 0.454. The number of rotatable bonds is 6. The summed E-state index contributed by atoms with van der Waals surface area (Å²) in [6, 6.07) is 21.0. The molecule has 6 heteroatoms. The standard InChI is InChI=1S/C25H21N3O3/c1-16-11-23-22(13-24(16)30-3)25(17(14-26)15-27-23)28-18-7-9-19(10-8-18)31-21-6-4-5-20(12-21)29-2/h4-13,15H,1-3H3,(H,27,28). The second-order valence-electron chi connectivity index (χ2n) is 6.93. The first kappa shape index (κ1) is 20.0. The SMILES string of the molecule is COc1cccc(Oc2ccc(Nc3c(C#N)cnc4cc(C)c(OC)cc34)cc2)c1. The molecule has 0 saturated heterocycles. The number of aromatic nitrogens is 1. The molecule has 1 N–H and O–H groups in total. The summed E-state index contributed by atoms with van der Waals surface area (Å²) in [5.74, 6) is 2.86. The van der Waals surface area contributed by atoms with E-state index in [1.54, 1.807) is 20.4 Å². The van der Waals surface area contributed by atoms with Crippen LogP contribution >= 0.6 is 0 Å². The number of methoxy groups -OCH3 is 2. The number of nitriles is 1. The fourth-order valence-corrected chi connectivity index (χ4v) is 3.31. The Morgan fingerprint density at radius 2 is 1.68 bits per heavy atom. The maximum absolute atomic E-state index is 9.60. The summed E-state index contributed by atoms with van der Waals surface area (Å²) in [4.78, 5) is 4.42. The first-order valence-electron chi connectivity index (χ1n) is 9.67. The van der Waals surface area contributed by atoms with Gasteiger partial charge in [0.25, 0.3) is 0 Å². The molecule has 4 aromatic rings. The van der Waals surface area contributed by atoms with Gasteiger partial charge in [-0.05, 0) is 61.0 Å². The lowest BCUT2D eigenvalue weighted by molar-refractivity contribution is 0.409. The molecule has 154 valence electrons. The van der Waals surface area contributed by atoms with Crippen molar-refractivity contribution in [3.63, 3.8) is 0 Å². The van der Waals surface area contributed by atoms with Crippen LogP contribution in [0.5, 0.6) is 23.0 Å². The van der Waals surface area contributed by atoms with Crippen molar-refractivity contribution in [2.24, 2.45) is 0 Å². The molecule has 6 nitrogen and oxygen atoms in total. The number of nitrogens with zero attached hydrogens (tertiary/aromatic N) is 2. The van der Waals surface area contributed by atoms with E-state index in [1.807, 2.05) is 67.6 Å². The van der Waals surface area contributed by atoms with Gasteiger partial charge in [0.15, 0.2) is 0 Å². The van der Waals surface area contributed by atoms with Gasteiger partial charge in [0.1, 0.15) is 29.1 Å². The largest absolute Gasteiger partial charge is 0.497 e. The van der Waals surface area contributed by atoms with Gasteiger partial charge >= 0.3 is 0 Å². The summed E-state index contributed by atoms with van der Waals surface area (Å²) in [6.07, 6.45) is 1.58. The van der Waals surface area contributed by atoms with E-state index >= 15 is 0 Å². The summed E-state index contributed by atoms with van der Waals surface area (Å²) in [5, 5.41) is 13.8. The molecule has 0 bridgehead atoms. The van der Waals surface area contributed by atoms with Crippen LogP contribution in [-0.4, -0.2) is 19.2 Å². The molecule has 0 unspecified atom stereocenters. The number of ether oxygens (including phenoxy) is 3. The van der Waals surface area contributed by atoms with Crippen LogP contribution in [0.2, 0.25) is 0 Å². The average molecular weight is 411 g/mol. The molecule has 0 aliphatic rings. The molecule has 0 radical (unpaired) electrons. The molecule has 1 heterocycles. The zero-order chi connectivity index (χ0) is 21.8. The van der Waals surface area contributed by atoms with E-state index in [9.17, 15) is 5.26 Å². The Labute approximate surface area is 180 Å². The van der Waals surface area contributed by atoms with Crippen LogP contribution in [0.4, 0.5) is 11.4 Å². The van der Waals surface area contributed by atoms with Gasteiger partial charge in [-0.25, -0.2) is 0 Å². The number of hydrogen-bond donors (Lipinski definition) is 1. The van der Waals surface area contributed by atoms with Gasteiger partial charge in [-0.3, -0.25) is 4.98 Å². The molecule has 0 atom stereocenters. The Hall–Kier alpha value is -4.24. The average Bonchev–Trinajstić information content (AvgIpc) is 2.80. The minimum Gasteiger partial charge on any atom is -0.497 e. The van der Waals surface area contributed by atoms with Gasteiger partial charge in [-0.2, -0.15) is 5.26 Å². The molecular formula is C25H21N3O3. The van der Waals surface area contributed by atoms with E-state index in [1.165, 1.54) is 0 Å². The molecule has 0 fully saturated rings. The Morgan fingerprint density at radius 3 is 2.39 bits per heavy atom. The number of hydrogen-bond acceptors (Lipinski definition) is 6. The number of aryl methyl sites for hydroxylation is 1. The van der Waals surface area contributed by atoms with E-state index in [4.69, 9.17) is 14.2 Å². The molecule has 0 aliphatic heterocycles. The third-order valence-electron chi connectivity index (χ3n) is 4.91. The van der Waals surface area contributed by atoms with Crippen molar-refractivity contribution in [2.75, 3.05) is 19.5 Å². The van der Waals surface area contributed by atoms with Crippen molar-refractivity contribution >= 4 is 22.3 Å². The molecule has 1 aromatic heterocycles. The van der Waals surface area contributed by atoms with Crippen molar-refractivity contribution in [3.8, 4) is 29.1 Å². The number of benzene rings is 3. The number of nitrogens with one attached hydrogen (secondary N) is 1. The molecule has 0 aliphatic carbocycles. The Balaban J connectivity index is 1.63. The van der Waals surface area contributed by atoms with E-state index in [2.05, 4.69) is 16.4 Å². The highest BCUT2D eigenvalue weighted by molar-refractivity contribution is 5.97. The Morgan fingerprint density at radius 1 is 0.903 bits per heavy atom. The maximum Gasteiger partial charge on any atom is 0.131 e. The van der Waals surface area contributed by atoms with Crippen LogP contribution < -0.4 is 19.5 Å². The molecule has 0 spiro atoms. The van der Waals surface area contributed by atoms with E-state index in [-0.39, 0.29) is 0 Å². The summed E-state index contributed by atoms with van der Waals surface area (Å²) in [7, 11) is 3.25. The second kappa shape index (κ2) is 8.64. The van der Waals surface area contributed by atoms with Crippen LogP contribution in [0.3, 0.4) is 0 Å². The lowest BCUT2D eigenvalue weighted by Crippen LogP contribution is -1.98. The molecule has 4 rings (SSSR count). The van der Waals surface area contributed by atoms with Crippen LogP contribution in [0.25, 0.3) is 10.9 Å². The zero-order valence-corrected chi connectivity index (χ0v) is 17.5. The third-order valence-corrected chi connectivity index (χ3v) is 4.91. The molecular weight excluding hydrogens is 390 g/mol. The smallest absolute Gasteiger partial charge is 0.131 e. The minimum absolute atomic E-state index is 0.454. The highest BCUT2D eigenvalue weighted by Gasteiger charge is 2.12. The van der Waals surface area contributed by atoms with Crippen molar-refractivity contribution in [1.82, 2.24) is 4.98 Å². The van der Waals surface area contributed by atoms with Gasteiger partial charge in [0.05, 0.1) is 31.0 Å². The highest BCUT2D eigenvalue weighted by Crippen LogP contribution is 2.34. The third kappa shape index (κ3) is 4.21. The van der Waals surface area contributed by atoms with Crippen LogP contribution in [0.15, 0.2) is 66.9 Å². The summed E-state index contributed by atoms with van der Waals surface area (Å²) < 4.78 is 16.6. The van der Waals surface area contributed by atoms with Crippen molar-refractivity contribution in [2.45, 2.75) is 6.92 Å². The zero-order valence-electron chi connectivity index (χ0n) is 17.5. The molecule has 0 amide bonds. The van der Waals surface area contributed by atoms with Crippen molar-refractivity contribution in [1.29, 1.82) is 5.26 Å². The van der Waals surface area contributed by atoms with Gasteiger partial charge in [0.2, 0.25) is 0 Å². The van der Waals surface area contributed by atoms with Crippen LogP contribution in [0, 0.1) is 18.3 Å². The van der Waals surface area contributed by atoms with E-state index in [0.717, 1.165) is 33.7 Å². The first-order chi connectivity index (χ1) is 15.1. The normalized spacial score (nSPS) is 10.4. The lowest BCUT2D eigenvalue weighted by atomic mass is 10.1. The number of pyridine rings is 1. The van der Waals surface area contributed by atoms with Crippen LogP contribution in [-0.2, 0) is 0 Å². The Kier molecular flexibility index (Phi) is 5.59. The quantitative estimate of drug-likeness (QED) is 0.421. The predicted octanol–water partition coefficient (Wildman–Crippen LogP) is 5.97. The van der Waals surface area contributed by atoms with E-state index < -0.39 is 0 Å². The monoisotopic (exact) mass is 411 g/mol. The van der Waals surface area contributed by atoms with Gasteiger partial charge in [-0.1, -0.05) is 6.07 Å². The van der Waals surface area contributed by atoms with Gasteiger partial charge in [0, 0.05) is 23.3 Å². The first-order valence-corrected chi connectivity index (χ1v) is 9.67. The fourth-order valence-electron chi connectivity index (χ4n) is 3.31. The van der Waals surface area contributed by atoms with Crippen molar-refractivity contribution in [3.05, 3.63) is 78.0 Å². The summed E-state index contributed by atoms with van der Waals surface area (Å²) in [6.45, 7) is 1.96. The summed E-state index contributed by atoms with van der Waals surface area (Å²) >= 11 is 0.